The third kappa shape index (κ3) is 5.10. The minimum absolute atomic E-state index is 0.213. The van der Waals surface area contributed by atoms with Crippen molar-refractivity contribution in [3.8, 4) is 0 Å². The first-order valence-corrected chi connectivity index (χ1v) is 8.15. The number of urea groups is 1. The molecule has 0 aromatic heterocycles. The second-order valence-electron chi connectivity index (χ2n) is 6.83. The average Bonchev–Trinajstić information content (AvgIpc) is 2.51. The molecule has 2 rings (SSSR count). The third-order valence-corrected chi connectivity index (χ3v) is 3.93. The van der Waals surface area contributed by atoms with Gasteiger partial charge in [-0.2, -0.15) is 0 Å². The molecular formula is C20H26N2O2. The van der Waals surface area contributed by atoms with Crippen LogP contribution in [0.5, 0.6) is 0 Å². The molecule has 2 aromatic rings. The first kappa shape index (κ1) is 18.0. The van der Waals surface area contributed by atoms with Crippen LogP contribution in [0.2, 0.25) is 0 Å². The molecule has 0 bridgehead atoms. The fourth-order valence-corrected chi connectivity index (χ4v) is 2.55. The summed E-state index contributed by atoms with van der Waals surface area (Å²) in [4.78, 5) is 14.4. The summed E-state index contributed by atoms with van der Waals surface area (Å²) in [5.74, 6) is 0. The molecule has 0 spiro atoms. The van der Waals surface area contributed by atoms with Crippen LogP contribution < -0.4 is 5.32 Å². The Bertz CT molecular complexity index is 691. The van der Waals surface area contributed by atoms with Crippen molar-refractivity contribution in [2.24, 2.45) is 0 Å². The van der Waals surface area contributed by atoms with E-state index in [1.807, 2.05) is 62.4 Å². The maximum atomic E-state index is 12.8. The van der Waals surface area contributed by atoms with E-state index in [2.05, 4.69) is 5.32 Å². The summed E-state index contributed by atoms with van der Waals surface area (Å²) in [7, 11) is 0. The average molecular weight is 326 g/mol. The molecule has 0 aliphatic rings. The van der Waals surface area contributed by atoms with Gasteiger partial charge < -0.3 is 15.3 Å². The number of aryl methyl sites for hydroxylation is 1. The van der Waals surface area contributed by atoms with Crippen LogP contribution in [0.4, 0.5) is 10.5 Å². The standard InChI is InChI=1S/C20H26N2O2/c1-15-9-8-12-18(16(15)2)21-19(23)22(14-20(3,4)24)13-17-10-6-5-7-11-17/h5-12,24H,13-14H2,1-4H3,(H,21,23). The smallest absolute Gasteiger partial charge is 0.322 e. The Labute approximate surface area is 144 Å². The number of anilines is 1. The highest BCUT2D eigenvalue weighted by Gasteiger charge is 2.23. The molecule has 4 heteroatoms. The molecule has 2 aromatic carbocycles. The van der Waals surface area contributed by atoms with Crippen LogP contribution in [0.1, 0.15) is 30.5 Å². The third-order valence-electron chi connectivity index (χ3n) is 3.93. The van der Waals surface area contributed by atoms with Gasteiger partial charge in [0.2, 0.25) is 0 Å². The van der Waals surface area contributed by atoms with E-state index in [9.17, 15) is 9.90 Å². The zero-order valence-corrected chi connectivity index (χ0v) is 14.8. The summed E-state index contributed by atoms with van der Waals surface area (Å²) < 4.78 is 0. The number of nitrogens with zero attached hydrogens (tertiary/aromatic N) is 1. The summed E-state index contributed by atoms with van der Waals surface area (Å²) >= 11 is 0. The molecule has 2 N–H and O–H groups in total. The van der Waals surface area contributed by atoms with Crippen LogP contribution in [-0.2, 0) is 6.54 Å². The second-order valence-corrected chi connectivity index (χ2v) is 6.83. The van der Waals surface area contributed by atoms with Gasteiger partial charge in [-0.25, -0.2) is 4.79 Å². The highest BCUT2D eigenvalue weighted by atomic mass is 16.3. The molecule has 0 fully saturated rings. The number of aliphatic hydroxyl groups is 1. The van der Waals surface area contributed by atoms with Gasteiger partial charge in [0.1, 0.15) is 0 Å². The second kappa shape index (κ2) is 7.49. The predicted octanol–water partition coefficient (Wildman–Crippen LogP) is 4.11. The van der Waals surface area contributed by atoms with Gasteiger partial charge in [0, 0.05) is 12.2 Å². The molecule has 0 radical (unpaired) electrons. The lowest BCUT2D eigenvalue weighted by molar-refractivity contribution is 0.0469. The number of rotatable bonds is 5. The molecule has 0 aliphatic carbocycles. The summed E-state index contributed by atoms with van der Waals surface area (Å²) in [6.45, 7) is 8.11. The topological polar surface area (TPSA) is 52.6 Å². The van der Waals surface area contributed by atoms with Crippen molar-refractivity contribution in [3.63, 3.8) is 0 Å². The van der Waals surface area contributed by atoms with Crippen molar-refractivity contribution in [2.45, 2.75) is 39.8 Å². The Hall–Kier alpha value is -2.33. The van der Waals surface area contributed by atoms with Crippen LogP contribution in [0.3, 0.4) is 0 Å². The number of hydrogen-bond acceptors (Lipinski definition) is 2. The van der Waals surface area contributed by atoms with E-state index in [1.165, 1.54) is 0 Å². The monoisotopic (exact) mass is 326 g/mol. The number of amides is 2. The molecular weight excluding hydrogens is 300 g/mol. The van der Waals surface area contributed by atoms with Crippen LogP contribution in [0, 0.1) is 13.8 Å². The van der Waals surface area contributed by atoms with Gasteiger partial charge in [0.25, 0.3) is 0 Å². The molecule has 0 atom stereocenters. The minimum Gasteiger partial charge on any atom is -0.389 e. The normalized spacial score (nSPS) is 11.2. The lowest BCUT2D eigenvalue weighted by atomic mass is 10.1. The molecule has 128 valence electrons. The fourth-order valence-electron chi connectivity index (χ4n) is 2.55. The molecule has 24 heavy (non-hydrogen) atoms. The summed E-state index contributed by atoms with van der Waals surface area (Å²) in [6.07, 6.45) is 0. The first-order valence-electron chi connectivity index (χ1n) is 8.15. The van der Waals surface area contributed by atoms with Crippen molar-refractivity contribution >= 4 is 11.7 Å². The van der Waals surface area contributed by atoms with E-state index in [-0.39, 0.29) is 12.6 Å². The number of carbonyl (C=O) groups excluding carboxylic acids is 1. The lowest BCUT2D eigenvalue weighted by Gasteiger charge is -2.29. The zero-order chi connectivity index (χ0) is 17.7. The van der Waals surface area contributed by atoms with Gasteiger partial charge in [-0.15, -0.1) is 0 Å². The van der Waals surface area contributed by atoms with E-state index < -0.39 is 5.60 Å². The van der Waals surface area contributed by atoms with E-state index in [0.717, 1.165) is 22.4 Å². The molecule has 0 saturated carbocycles. The van der Waals surface area contributed by atoms with Crippen LogP contribution in [0.25, 0.3) is 0 Å². The number of hydrogen-bond donors (Lipinski definition) is 2. The maximum Gasteiger partial charge on any atom is 0.322 e. The Balaban J connectivity index is 2.19. The van der Waals surface area contributed by atoms with E-state index in [4.69, 9.17) is 0 Å². The highest BCUT2D eigenvalue weighted by Crippen LogP contribution is 2.19. The maximum absolute atomic E-state index is 12.8. The van der Waals surface area contributed by atoms with E-state index >= 15 is 0 Å². The Morgan fingerprint density at radius 1 is 1.08 bits per heavy atom. The SMILES string of the molecule is Cc1cccc(NC(=O)N(Cc2ccccc2)CC(C)(C)O)c1C. The van der Waals surface area contributed by atoms with Crippen molar-refractivity contribution in [3.05, 3.63) is 65.2 Å². The van der Waals surface area contributed by atoms with Gasteiger partial charge in [-0.1, -0.05) is 42.5 Å². The summed E-state index contributed by atoms with van der Waals surface area (Å²) in [5.41, 5.74) is 3.04. The molecule has 0 heterocycles. The fraction of sp³-hybridized carbons (Fsp3) is 0.350. The highest BCUT2D eigenvalue weighted by molar-refractivity contribution is 5.90. The molecule has 0 aliphatic heterocycles. The number of nitrogens with one attached hydrogen (secondary N) is 1. The minimum atomic E-state index is -0.965. The number of benzene rings is 2. The lowest BCUT2D eigenvalue weighted by Crippen LogP contribution is -2.43. The van der Waals surface area contributed by atoms with Crippen molar-refractivity contribution in [1.82, 2.24) is 4.90 Å². The zero-order valence-electron chi connectivity index (χ0n) is 14.8. The van der Waals surface area contributed by atoms with Gasteiger partial charge in [-0.05, 0) is 50.5 Å². The van der Waals surface area contributed by atoms with Crippen molar-refractivity contribution < 1.29 is 9.90 Å². The van der Waals surface area contributed by atoms with Gasteiger partial charge in [-0.3, -0.25) is 0 Å². The molecule has 0 unspecified atom stereocenters. The van der Waals surface area contributed by atoms with E-state index in [0.29, 0.717) is 6.54 Å². The summed E-state index contributed by atoms with van der Waals surface area (Å²) in [5, 5.41) is 13.1. The van der Waals surface area contributed by atoms with Crippen LogP contribution in [0.15, 0.2) is 48.5 Å². The Morgan fingerprint density at radius 2 is 1.75 bits per heavy atom. The Kier molecular flexibility index (Phi) is 5.62. The quantitative estimate of drug-likeness (QED) is 0.869. The van der Waals surface area contributed by atoms with Crippen molar-refractivity contribution in [2.75, 3.05) is 11.9 Å². The predicted molar refractivity (Wildman–Crippen MR) is 98.1 cm³/mol. The number of carbonyl (C=O) groups is 1. The van der Waals surface area contributed by atoms with Gasteiger partial charge in [0.15, 0.2) is 0 Å². The Morgan fingerprint density at radius 3 is 2.38 bits per heavy atom. The molecule has 2 amide bonds. The first-order chi connectivity index (χ1) is 11.3. The van der Waals surface area contributed by atoms with Gasteiger partial charge >= 0.3 is 6.03 Å². The summed E-state index contributed by atoms with van der Waals surface area (Å²) in [6, 6.07) is 15.4. The van der Waals surface area contributed by atoms with Crippen molar-refractivity contribution in [1.29, 1.82) is 0 Å². The largest absolute Gasteiger partial charge is 0.389 e. The van der Waals surface area contributed by atoms with Crippen LogP contribution >= 0.6 is 0 Å². The van der Waals surface area contributed by atoms with Crippen LogP contribution in [-0.4, -0.2) is 28.2 Å². The molecule has 4 nitrogen and oxygen atoms in total. The van der Waals surface area contributed by atoms with E-state index in [1.54, 1.807) is 18.7 Å². The molecule has 0 saturated heterocycles. The van der Waals surface area contributed by atoms with Gasteiger partial charge in [0.05, 0.1) is 12.1 Å².